The number of rotatable bonds is 11. The van der Waals surface area contributed by atoms with Crippen molar-refractivity contribution in [3.63, 3.8) is 0 Å². The Bertz CT molecular complexity index is 1000. The quantitative estimate of drug-likeness (QED) is 0.208. The molecule has 0 N–H and O–H groups in total. The number of likely N-dealkylation sites (tertiary alicyclic amines) is 1. The molecule has 218 valence electrons. The minimum absolute atomic E-state index is 0.181. The van der Waals surface area contributed by atoms with Gasteiger partial charge in [0, 0.05) is 12.1 Å². The first-order chi connectivity index (χ1) is 18.7. The molecule has 0 aromatic heterocycles. The van der Waals surface area contributed by atoms with Gasteiger partial charge in [0.15, 0.2) is 0 Å². The Balaban J connectivity index is 1.61. The van der Waals surface area contributed by atoms with Gasteiger partial charge in [0.2, 0.25) is 0 Å². The highest BCUT2D eigenvalue weighted by Gasteiger charge is 2.39. The standard InChI is InChI=1S/C35H55NO3/c1-7-8-11-14-25(2)21-27(4)28-23-30(34(37)38-20-19-36-17-12-9-10-13-18-36)33-29-22-26(3)15-16-31(29)35(5,6)39-32(33)24-28/h23-27H,7-22H2,1-6H3. The van der Waals surface area contributed by atoms with Crippen molar-refractivity contribution in [3.05, 3.63) is 34.4 Å². The van der Waals surface area contributed by atoms with Crippen molar-refractivity contribution in [3.8, 4) is 5.75 Å². The van der Waals surface area contributed by atoms with Gasteiger partial charge in [-0.15, -0.1) is 0 Å². The average molecular weight is 538 g/mol. The molecule has 1 fully saturated rings. The first kappa shape index (κ1) is 30.2. The van der Waals surface area contributed by atoms with Crippen LogP contribution in [0.2, 0.25) is 0 Å². The van der Waals surface area contributed by atoms with E-state index in [-0.39, 0.29) is 11.6 Å². The molecule has 39 heavy (non-hydrogen) atoms. The second kappa shape index (κ2) is 13.7. The number of unbranched alkanes of at least 4 members (excludes halogenated alkanes) is 2. The summed E-state index contributed by atoms with van der Waals surface area (Å²) >= 11 is 0. The molecule has 0 amide bonds. The third-order valence-electron chi connectivity index (χ3n) is 9.51. The smallest absolute Gasteiger partial charge is 0.338 e. The van der Waals surface area contributed by atoms with Crippen LogP contribution in [0.4, 0.5) is 0 Å². The van der Waals surface area contributed by atoms with Crippen LogP contribution in [0, 0.1) is 11.8 Å². The number of hydrogen-bond acceptors (Lipinski definition) is 4. The van der Waals surface area contributed by atoms with Crippen LogP contribution >= 0.6 is 0 Å². The van der Waals surface area contributed by atoms with E-state index in [0.29, 0.717) is 24.4 Å². The SMILES string of the molecule is CCCCCC(C)CC(C)c1cc2c(c(C(=O)OCCN3CCCCCC3)c1)C1=C(CCC(C)C1)C(C)(C)O2. The van der Waals surface area contributed by atoms with Gasteiger partial charge in [0.05, 0.1) is 5.56 Å². The van der Waals surface area contributed by atoms with Crippen LogP contribution in [0.25, 0.3) is 5.57 Å². The second-order valence-electron chi connectivity index (χ2n) is 13.5. The molecular weight excluding hydrogens is 482 g/mol. The number of carbonyl (C=O) groups is 1. The van der Waals surface area contributed by atoms with Crippen LogP contribution < -0.4 is 4.74 Å². The van der Waals surface area contributed by atoms with Gasteiger partial charge in [0.25, 0.3) is 0 Å². The highest BCUT2D eigenvalue weighted by atomic mass is 16.5. The van der Waals surface area contributed by atoms with Gasteiger partial charge in [-0.25, -0.2) is 4.79 Å². The van der Waals surface area contributed by atoms with Gasteiger partial charge >= 0.3 is 5.97 Å². The van der Waals surface area contributed by atoms with E-state index in [1.54, 1.807) is 0 Å². The van der Waals surface area contributed by atoms with Gasteiger partial charge < -0.3 is 9.47 Å². The Morgan fingerprint density at radius 2 is 1.87 bits per heavy atom. The monoisotopic (exact) mass is 537 g/mol. The molecule has 0 spiro atoms. The van der Waals surface area contributed by atoms with Gasteiger partial charge in [0.1, 0.15) is 18.0 Å². The van der Waals surface area contributed by atoms with Crippen molar-refractivity contribution >= 4 is 11.5 Å². The maximum absolute atomic E-state index is 13.8. The van der Waals surface area contributed by atoms with Gasteiger partial charge in [-0.3, -0.25) is 4.90 Å². The fraction of sp³-hybridized carbons (Fsp3) is 0.743. The molecule has 1 aromatic rings. The molecule has 3 atom stereocenters. The molecule has 2 heterocycles. The lowest BCUT2D eigenvalue weighted by Crippen LogP contribution is -2.37. The van der Waals surface area contributed by atoms with Crippen molar-refractivity contribution in [1.82, 2.24) is 4.90 Å². The fourth-order valence-corrected chi connectivity index (χ4v) is 7.15. The molecule has 0 radical (unpaired) electrons. The van der Waals surface area contributed by atoms with Crippen molar-refractivity contribution in [1.29, 1.82) is 0 Å². The minimum Gasteiger partial charge on any atom is -0.483 e. The van der Waals surface area contributed by atoms with Crippen LogP contribution in [-0.4, -0.2) is 42.7 Å². The molecule has 1 aromatic carbocycles. The van der Waals surface area contributed by atoms with Crippen LogP contribution in [0.15, 0.2) is 17.7 Å². The Morgan fingerprint density at radius 3 is 2.59 bits per heavy atom. The molecule has 3 unspecified atom stereocenters. The van der Waals surface area contributed by atoms with E-state index in [2.05, 4.69) is 58.6 Å². The van der Waals surface area contributed by atoms with E-state index in [1.165, 1.54) is 74.5 Å². The summed E-state index contributed by atoms with van der Waals surface area (Å²) < 4.78 is 12.7. The summed E-state index contributed by atoms with van der Waals surface area (Å²) in [7, 11) is 0. The number of esters is 1. The summed E-state index contributed by atoms with van der Waals surface area (Å²) in [6.07, 6.45) is 14.6. The Hall–Kier alpha value is -1.81. The van der Waals surface area contributed by atoms with Gasteiger partial charge in [-0.2, -0.15) is 0 Å². The number of carbonyl (C=O) groups excluding carboxylic acids is 1. The summed E-state index contributed by atoms with van der Waals surface area (Å²) in [6.45, 7) is 17.2. The summed E-state index contributed by atoms with van der Waals surface area (Å²) in [4.78, 5) is 16.3. The summed E-state index contributed by atoms with van der Waals surface area (Å²) in [5.74, 6) is 2.34. The summed E-state index contributed by atoms with van der Waals surface area (Å²) in [6, 6.07) is 4.40. The number of allylic oxidation sites excluding steroid dienone is 1. The molecule has 1 aliphatic carbocycles. The maximum Gasteiger partial charge on any atom is 0.338 e. The highest BCUT2D eigenvalue weighted by Crippen LogP contribution is 2.50. The Labute approximate surface area is 238 Å². The lowest BCUT2D eigenvalue weighted by molar-refractivity contribution is 0.0460. The first-order valence-electron chi connectivity index (χ1n) is 16.2. The number of fused-ring (bicyclic) bond motifs is 2. The third-order valence-corrected chi connectivity index (χ3v) is 9.51. The summed E-state index contributed by atoms with van der Waals surface area (Å²) in [5, 5.41) is 0. The topological polar surface area (TPSA) is 38.8 Å². The van der Waals surface area contributed by atoms with Crippen molar-refractivity contribution in [2.24, 2.45) is 11.8 Å². The molecule has 0 saturated carbocycles. The summed E-state index contributed by atoms with van der Waals surface area (Å²) in [5.41, 5.74) is 5.32. The second-order valence-corrected chi connectivity index (χ2v) is 13.5. The van der Waals surface area contributed by atoms with Crippen molar-refractivity contribution in [2.45, 2.75) is 130 Å². The normalized spacial score (nSPS) is 22.8. The number of ether oxygens (including phenoxy) is 2. The predicted octanol–water partition coefficient (Wildman–Crippen LogP) is 9.17. The van der Waals surface area contributed by atoms with E-state index < -0.39 is 0 Å². The zero-order valence-corrected chi connectivity index (χ0v) is 25.9. The molecule has 4 nitrogen and oxygen atoms in total. The zero-order chi connectivity index (χ0) is 28.0. The van der Waals surface area contributed by atoms with E-state index >= 15 is 0 Å². The largest absolute Gasteiger partial charge is 0.483 e. The lowest BCUT2D eigenvalue weighted by atomic mass is 9.73. The first-order valence-corrected chi connectivity index (χ1v) is 16.2. The maximum atomic E-state index is 13.8. The number of nitrogens with zero attached hydrogens (tertiary/aromatic N) is 1. The molecule has 2 aliphatic heterocycles. The van der Waals surface area contributed by atoms with Crippen LogP contribution in [0.5, 0.6) is 5.75 Å². The third kappa shape index (κ3) is 7.69. The van der Waals surface area contributed by atoms with E-state index in [9.17, 15) is 4.79 Å². The van der Waals surface area contributed by atoms with E-state index in [4.69, 9.17) is 9.47 Å². The van der Waals surface area contributed by atoms with E-state index in [0.717, 1.165) is 55.8 Å². The van der Waals surface area contributed by atoms with Crippen LogP contribution in [0.1, 0.15) is 146 Å². The Kier molecular flexibility index (Phi) is 10.6. The Morgan fingerprint density at radius 1 is 1.13 bits per heavy atom. The molecule has 4 rings (SSSR count). The van der Waals surface area contributed by atoms with Crippen LogP contribution in [0.3, 0.4) is 0 Å². The molecular formula is C35H55NO3. The highest BCUT2D eigenvalue weighted by molar-refractivity contribution is 5.98. The number of hydrogen-bond donors (Lipinski definition) is 0. The average Bonchev–Trinajstić information content (AvgIpc) is 3.16. The predicted molar refractivity (Wildman–Crippen MR) is 163 cm³/mol. The zero-order valence-electron chi connectivity index (χ0n) is 25.9. The van der Waals surface area contributed by atoms with Crippen molar-refractivity contribution < 1.29 is 14.3 Å². The van der Waals surface area contributed by atoms with Gasteiger partial charge in [-0.1, -0.05) is 66.2 Å². The molecule has 4 heteroatoms. The fourth-order valence-electron chi connectivity index (χ4n) is 7.15. The minimum atomic E-state index is -0.342. The lowest BCUT2D eigenvalue weighted by Gasteiger charge is -2.41. The van der Waals surface area contributed by atoms with E-state index in [1.807, 2.05) is 0 Å². The van der Waals surface area contributed by atoms with Crippen molar-refractivity contribution in [2.75, 3.05) is 26.2 Å². The molecule has 1 saturated heterocycles. The number of benzene rings is 1. The molecule has 3 aliphatic rings. The van der Waals surface area contributed by atoms with Gasteiger partial charge in [-0.05, 0) is 112 Å². The van der Waals surface area contributed by atoms with Crippen LogP contribution in [-0.2, 0) is 4.74 Å². The molecule has 0 bridgehead atoms.